The SMILES string of the molecule is O=C(O)C1CC(NCc2ccc(OCCCC(F)(F)C(F)(F)F)c3ncccc23)C1. The summed E-state index contributed by atoms with van der Waals surface area (Å²) in [5.74, 6) is -5.55. The maximum absolute atomic E-state index is 13.0. The van der Waals surface area contributed by atoms with E-state index in [1.54, 1.807) is 18.2 Å². The number of halogens is 5. The summed E-state index contributed by atoms with van der Waals surface area (Å²) in [7, 11) is 0. The molecule has 0 aliphatic heterocycles. The summed E-state index contributed by atoms with van der Waals surface area (Å²) in [6.07, 6.45) is -4.71. The number of nitrogens with one attached hydrogen (secondary N) is 1. The van der Waals surface area contributed by atoms with Crippen LogP contribution in [0.25, 0.3) is 10.9 Å². The molecule has 0 unspecified atom stereocenters. The first-order valence-electron chi connectivity index (χ1n) is 9.48. The van der Waals surface area contributed by atoms with Gasteiger partial charge in [0.2, 0.25) is 0 Å². The minimum Gasteiger partial charge on any atom is -0.491 e. The molecule has 1 saturated carbocycles. The lowest BCUT2D eigenvalue weighted by Gasteiger charge is -2.33. The molecular weight excluding hydrogens is 411 g/mol. The number of aliphatic carboxylic acids is 1. The highest BCUT2D eigenvalue weighted by Crippen LogP contribution is 2.39. The van der Waals surface area contributed by atoms with Gasteiger partial charge in [-0.3, -0.25) is 9.78 Å². The molecule has 0 atom stereocenters. The number of nitrogens with zero attached hydrogens (tertiary/aromatic N) is 1. The quantitative estimate of drug-likeness (QED) is 0.450. The number of carbonyl (C=O) groups is 1. The number of pyridine rings is 1. The van der Waals surface area contributed by atoms with E-state index in [1.165, 1.54) is 6.20 Å². The molecule has 1 aliphatic carbocycles. The van der Waals surface area contributed by atoms with E-state index in [1.807, 2.05) is 6.07 Å². The summed E-state index contributed by atoms with van der Waals surface area (Å²) in [6, 6.07) is 7.02. The van der Waals surface area contributed by atoms with Crippen molar-refractivity contribution in [3.05, 3.63) is 36.0 Å². The number of alkyl halides is 5. The summed E-state index contributed by atoms with van der Waals surface area (Å²) < 4.78 is 68.1. The van der Waals surface area contributed by atoms with Gasteiger partial charge in [-0.25, -0.2) is 0 Å². The van der Waals surface area contributed by atoms with Crippen LogP contribution in [0.15, 0.2) is 30.5 Å². The minimum atomic E-state index is -5.57. The van der Waals surface area contributed by atoms with Crippen LogP contribution in [-0.4, -0.2) is 40.8 Å². The number of ether oxygens (including phenoxy) is 1. The van der Waals surface area contributed by atoms with E-state index >= 15 is 0 Å². The van der Waals surface area contributed by atoms with Crippen LogP contribution in [0.1, 0.15) is 31.2 Å². The number of carboxylic acids is 1. The van der Waals surface area contributed by atoms with Gasteiger partial charge < -0.3 is 15.2 Å². The van der Waals surface area contributed by atoms with Crippen molar-refractivity contribution in [1.29, 1.82) is 0 Å². The number of hydrogen-bond donors (Lipinski definition) is 2. The van der Waals surface area contributed by atoms with E-state index in [-0.39, 0.29) is 18.6 Å². The van der Waals surface area contributed by atoms with Gasteiger partial charge in [0, 0.05) is 30.6 Å². The molecule has 2 aromatic rings. The summed E-state index contributed by atoms with van der Waals surface area (Å²) in [4.78, 5) is 15.1. The average molecular weight is 432 g/mol. The van der Waals surface area contributed by atoms with Crippen LogP contribution in [0, 0.1) is 5.92 Å². The number of rotatable bonds is 9. The largest absolute Gasteiger partial charge is 0.491 e. The van der Waals surface area contributed by atoms with Crippen molar-refractivity contribution in [2.45, 2.75) is 50.4 Å². The van der Waals surface area contributed by atoms with Crippen molar-refractivity contribution >= 4 is 16.9 Å². The Balaban J connectivity index is 1.59. The molecule has 164 valence electrons. The molecule has 0 saturated heterocycles. The second kappa shape index (κ2) is 8.71. The normalized spacial score (nSPS) is 19.5. The van der Waals surface area contributed by atoms with Crippen molar-refractivity contribution in [1.82, 2.24) is 10.3 Å². The molecule has 1 aromatic carbocycles. The lowest BCUT2D eigenvalue weighted by Crippen LogP contribution is -2.43. The summed E-state index contributed by atoms with van der Waals surface area (Å²) >= 11 is 0. The standard InChI is InChI=1S/C20H21F5N2O3/c21-19(22,20(23,24)25)6-2-8-30-16-5-4-12(15-3-1-7-26-17(15)16)11-27-14-9-13(10-14)18(28)29/h1,3-5,7,13-14,27H,2,6,8-11H2,(H,28,29). The lowest BCUT2D eigenvalue weighted by molar-refractivity contribution is -0.284. The minimum absolute atomic E-state index is 0.115. The average Bonchev–Trinajstić information content (AvgIpc) is 2.63. The molecule has 1 aromatic heterocycles. The van der Waals surface area contributed by atoms with Crippen molar-refractivity contribution in [3.8, 4) is 5.75 Å². The zero-order valence-corrected chi connectivity index (χ0v) is 15.9. The van der Waals surface area contributed by atoms with Crippen LogP contribution in [-0.2, 0) is 11.3 Å². The third-order valence-electron chi connectivity index (χ3n) is 5.20. The maximum Gasteiger partial charge on any atom is 0.453 e. The Kier molecular flexibility index (Phi) is 6.44. The summed E-state index contributed by atoms with van der Waals surface area (Å²) in [5.41, 5.74) is 1.38. The number of hydrogen-bond acceptors (Lipinski definition) is 4. The highest BCUT2D eigenvalue weighted by Gasteiger charge is 2.56. The smallest absolute Gasteiger partial charge is 0.453 e. The zero-order chi connectivity index (χ0) is 21.9. The van der Waals surface area contributed by atoms with Crippen LogP contribution >= 0.6 is 0 Å². The predicted molar refractivity (Wildman–Crippen MR) is 98.5 cm³/mol. The highest BCUT2D eigenvalue weighted by atomic mass is 19.4. The van der Waals surface area contributed by atoms with Gasteiger partial charge in [0.25, 0.3) is 0 Å². The lowest BCUT2D eigenvalue weighted by atomic mass is 9.80. The second-order valence-electron chi connectivity index (χ2n) is 7.36. The van der Waals surface area contributed by atoms with Gasteiger partial charge >= 0.3 is 18.1 Å². The Bertz CT molecular complexity index is 898. The Morgan fingerprint density at radius 2 is 1.93 bits per heavy atom. The first-order chi connectivity index (χ1) is 14.1. The highest BCUT2D eigenvalue weighted by molar-refractivity contribution is 5.87. The Labute approximate surface area is 169 Å². The third kappa shape index (κ3) is 4.97. The molecule has 5 nitrogen and oxygen atoms in total. The van der Waals surface area contributed by atoms with Crippen molar-refractivity contribution in [2.24, 2.45) is 5.92 Å². The van der Waals surface area contributed by atoms with Gasteiger partial charge in [0.15, 0.2) is 0 Å². The fourth-order valence-electron chi connectivity index (χ4n) is 3.33. The van der Waals surface area contributed by atoms with Crippen molar-refractivity contribution < 1.29 is 36.6 Å². The van der Waals surface area contributed by atoms with Crippen molar-refractivity contribution in [2.75, 3.05) is 6.61 Å². The van der Waals surface area contributed by atoms with Crippen LogP contribution in [0.5, 0.6) is 5.75 Å². The Morgan fingerprint density at radius 3 is 2.60 bits per heavy atom. The molecule has 0 radical (unpaired) electrons. The topological polar surface area (TPSA) is 71.5 Å². The van der Waals surface area contributed by atoms with Crippen molar-refractivity contribution in [3.63, 3.8) is 0 Å². The molecule has 10 heteroatoms. The Hall–Kier alpha value is -2.49. The molecule has 0 spiro atoms. The van der Waals surface area contributed by atoms with Gasteiger partial charge in [-0.05, 0) is 37.0 Å². The molecule has 2 N–H and O–H groups in total. The predicted octanol–water partition coefficient (Wildman–Crippen LogP) is 4.54. The molecule has 3 rings (SSSR count). The first kappa shape index (κ1) is 22.2. The van der Waals surface area contributed by atoms with E-state index < -0.39 is 30.9 Å². The van der Waals surface area contributed by atoms with Gasteiger partial charge in [-0.15, -0.1) is 0 Å². The monoisotopic (exact) mass is 432 g/mol. The fraction of sp³-hybridized carbons (Fsp3) is 0.500. The summed E-state index contributed by atoms with van der Waals surface area (Å²) in [5, 5.41) is 13.0. The third-order valence-corrected chi connectivity index (χ3v) is 5.20. The van der Waals surface area contributed by atoms with E-state index in [0.29, 0.717) is 30.7 Å². The van der Waals surface area contributed by atoms with Gasteiger partial charge in [-0.2, -0.15) is 22.0 Å². The molecule has 1 aliphatic rings. The maximum atomic E-state index is 13.0. The van der Waals surface area contributed by atoms with E-state index in [2.05, 4.69) is 10.3 Å². The van der Waals surface area contributed by atoms with E-state index in [0.717, 1.165) is 10.9 Å². The number of fused-ring (bicyclic) bond motifs is 1. The molecule has 1 fully saturated rings. The fourth-order valence-corrected chi connectivity index (χ4v) is 3.33. The van der Waals surface area contributed by atoms with Crippen LogP contribution in [0.4, 0.5) is 22.0 Å². The van der Waals surface area contributed by atoms with Gasteiger partial charge in [0.1, 0.15) is 11.3 Å². The molecule has 30 heavy (non-hydrogen) atoms. The first-order valence-corrected chi connectivity index (χ1v) is 9.48. The number of carboxylic acid groups (broad SMARTS) is 1. The number of benzene rings is 1. The van der Waals surface area contributed by atoms with Crippen LogP contribution in [0.3, 0.4) is 0 Å². The van der Waals surface area contributed by atoms with Gasteiger partial charge in [0.05, 0.1) is 12.5 Å². The van der Waals surface area contributed by atoms with E-state index in [4.69, 9.17) is 9.84 Å². The summed E-state index contributed by atoms with van der Waals surface area (Å²) in [6.45, 7) is 0.185. The Morgan fingerprint density at radius 1 is 1.20 bits per heavy atom. The molecule has 0 amide bonds. The molecule has 1 heterocycles. The number of aromatic nitrogens is 1. The molecular formula is C20H21F5N2O3. The van der Waals surface area contributed by atoms with Crippen LogP contribution in [0.2, 0.25) is 0 Å². The van der Waals surface area contributed by atoms with Crippen LogP contribution < -0.4 is 10.1 Å². The van der Waals surface area contributed by atoms with Gasteiger partial charge in [-0.1, -0.05) is 12.1 Å². The second-order valence-corrected chi connectivity index (χ2v) is 7.36. The zero-order valence-electron chi connectivity index (χ0n) is 15.9. The van der Waals surface area contributed by atoms with E-state index in [9.17, 15) is 26.7 Å². The molecule has 0 bridgehead atoms.